The molecule has 2 atom stereocenters. The minimum atomic E-state index is -0.445. The maximum absolute atomic E-state index is 12.1. The highest BCUT2D eigenvalue weighted by atomic mass is 16.5. The Bertz CT molecular complexity index is 476. The number of β-amino-alcohol motifs (C(OH)–C–C–N with tert-alkyl or cyclic N) is 1. The summed E-state index contributed by atoms with van der Waals surface area (Å²) in [5.41, 5.74) is 1.76. The molecule has 0 aromatic heterocycles. The van der Waals surface area contributed by atoms with Crippen LogP contribution in [0.25, 0.3) is 0 Å². The van der Waals surface area contributed by atoms with Crippen LogP contribution in [0.4, 0.5) is 5.69 Å². The molecule has 1 amide bonds. The lowest BCUT2D eigenvalue weighted by Crippen LogP contribution is -2.35. The first-order valence-corrected chi connectivity index (χ1v) is 7.06. The number of aliphatic hydroxyl groups excluding tert-OH is 1. The van der Waals surface area contributed by atoms with Crippen LogP contribution in [0.5, 0.6) is 5.75 Å². The van der Waals surface area contributed by atoms with Crippen molar-refractivity contribution in [2.75, 3.05) is 18.5 Å². The monoisotopic (exact) mass is 278 g/mol. The molecule has 1 saturated heterocycles. The van der Waals surface area contributed by atoms with E-state index in [9.17, 15) is 9.90 Å². The third-order valence-corrected chi connectivity index (χ3v) is 3.28. The molecule has 20 heavy (non-hydrogen) atoms. The SMILES string of the molecule is CCCOc1cc(C)ccc1NC(=O)C1CC(O)CN1. The van der Waals surface area contributed by atoms with Crippen LogP contribution >= 0.6 is 0 Å². The fraction of sp³-hybridized carbons (Fsp3) is 0.533. The van der Waals surface area contributed by atoms with Crippen LogP contribution in [0.3, 0.4) is 0 Å². The molecule has 0 saturated carbocycles. The largest absolute Gasteiger partial charge is 0.491 e. The van der Waals surface area contributed by atoms with Gasteiger partial charge >= 0.3 is 0 Å². The van der Waals surface area contributed by atoms with Gasteiger partial charge in [0.25, 0.3) is 0 Å². The molecular weight excluding hydrogens is 256 g/mol. The summed E-state index contributed by atoms with van der Waals surface area (Å²) in [5, 5.41) is 15.3. The van der Waals surface area contributed by atoms with Crippen LogP contribution in [0.15, 0.2) is 18.2 Å². The fourth-order valence-corrected chi connectivity index (χ4v) is 2.20. The van der Waals surface area contributed by atoms with Gasteiger partial charge in [-0.1, -0.05) is 13.0 Å². The molecule has 1 aromatic rings. The standard InChI is InChI=1S/C15H22N2O3/c1-3-6-20-14-7-10(2)4-5-12(14)17-15(19)13-8-11(18)9-16-13/h4-5,7,11,13,16,18H,3,6,8-9H2,1-2H3,(H,17,19). The van der Waals surface area contributed by atoms with Crippen LogP contribution in [0.1, 0.15) is 25.3 Å². The summed E-state index contributed by atoms with van der Waals surface area (Å²) in [7, 11) is 0. The first kappa shape index (κ1) is 14.8. The van der Waals surface area contributed by atoms with E-state index in [0.29, 0.717) is 31.0 Å². The van der Waals surface area contributed by atoms with Gasteiger partial charge in [-0.25, -0.2) is 0 Å². The molecule has 110 valence electrons. The van der Waals surface area contributed by atoms with Gasteiger partial charge in [0.15, 0.2) is 0 Å². The molecule has 0 radical (unpaired) electrons. The van der Waals surface area contributed by atoms with Gasteiger partial charge < -0.3 is 20.5 Å². The molecule has 0 spiro atoms. The summed E-state index contributed by atoms with van der Waals surface area (Å²) in [6.07, 6.45) is 0.917. The van der Waals surface area contributed by atoms with E-state index in [2.05, 4.69) is 10.6 Å². The summed E-state index contributed by atoms with van der Waals surface area (Å²) >= 11 is 0. The minimum Gasteiger partial charge on any atom is -0.491 e. The molecule has 1 aromatic carbocycles. The number of hydrogen-bond donors (Lipinski definition) is 3. The van der Waals surface area contributed by atoms with E-state index in [1.54, 1.807) is 0 Å². The molecule has 1 aliphatic heterocycles. The van der Waals surface area contributed by atoms with Crippen molar-refractivity contribution in [3.63, 3.8) is 0 Å². The van der Waals surface area contributed by atoms with Crippen molar-refractivity contribution in [2.24, 2.45) is 0 Å². The number of ether oxygens (including phenoxy) is 1. The molecule has 1 fully saturated rings. The Morgan fingerprint density at radius 2 is 2.35 bits per heavy atom. The number of benzene rings is 1. The second-order valence-corrected chi connectivity index (χ2v) is 5.19. The lowest BCUT2D eigenvalue weighted by molar-refractivity contribution is -0.117. The molecule has 3 N–H and O–H groups in total. The molecule has 1 heterocycles. The maximum Gasteiger partial charge on any atom is 0.241 e. The number of carbonyl (C=O) groups excluding carboxylic acids is 1. The first-order valence-electron chi connectivity index (χ1n) is 7.06. The minimum absolute atomic E-state index is 0.133. The molecule has 2 rings (SSSR count). The summed E-state index contributed by atoms with van der Waals surface area (Å²) < 4.78 is 5.67. The summed E-state index contributed by atoms with van der Waals surface area (Å²) in [6.45, 7) is 5.11. The first-order chi connectivity index (χ1) is 9.60. The Balaban J connectivity index is 2.06. The van der Waals surface area contributed by atoms with Crippen LogP contribution in [-0.4, -0.2) is 36.3 Å². The molecule has 5 heteroatoms. The molecule has 2 unspecified atom stereocenters. The van der Waals surface area contributed by atoms with E-state index < -0.39 is 6.10 Å². The maximum atomic E-state index is 12.1. The quantitative estimate of drug-likeness (QED) is 0.762. The summed E-state index contributed by atoms with van der Waals surface area (Å²) in [5.74, 6) is 0.561. The normalized spacial score (nSPS) is 21.8. The van der Waals surface area contributed by atoms with Crippen molar-refractivity contribution >= 4 is 11.6 Å². The lowest BCUT2D eigenvalue weighted by atomic mass is 10.1. The second kappa shape index (κ2) is 6.72. The Hall–Kier alpha value is -1.59. The van der Waals surface area contributed by atoms with E-state index in [1.807, 2.05) is 32.0 Å². The number of hydrogen-bond acceptors (Lipinski definition) is 4. The second-order valence-electron chi connectivity index (χ2n) is 5.19. The Labute approximate surface area is 119 Å². The van der Waals surface area contributed by atoms with Crippen molar-refractivity contribution in [1.29, 1.82) is 0 Å². The van der Waals surface area contributed by atoms with Gasteiger partial charge in [0.1, 0.15) is 5.75 Å². The molecule has 0 bridgehead atoms. The van der Waals surface area contributed by atoms with Crippen LogP contribution in [-0.2, 0) is 4.79 Å². The number of amides is 1. The van der Waals surface area contributed by atoms with Gasteiger partial charge in [-0.2, -0.15) is 0 Å². The van der Waals surface area contributed by atoms with Crippen LogP contribution in [0, 0.1) is 6.92 Å². The van der Waals surface area contributed by atoms with Crippen molar-refractivity contribution in [3.05, 3.63) is 23.8 Å². The van der Waals surface area contributed by atoms with E-state index in [1.165, 1.54) is 0 Å². The molecular formula is C15H22N2O3. The van der Waals surface area contributed by atoms with E-state index in [-0.39, 0.29) is 11.9 Å². The number of nitrogens with one attached hydrogen (secondary N) is 2. The van der Waals surface area contributed by atoms with Gasteiger partial charge in [-0.15, -0.1) is 0 Å². The third kappa shape index (κ3) is 3.71. The van der Waals surface area contributed by atoms with E-state index in [4.69, 9.17) is 4.74 Å². The van der Waals surface area contributed by atoms with Gasteiger partial charge in [0.05, 0.1) is 24.4 Å². The Kier molecular flexibility index (Phi) is 4.98. The number of anilines is 1. The van der Waals surface area contributed by atoms with Gasteiger partial charge in [0, 0.05) is 6.54 Å². The van der Waals surface area contributed by atoms with Crippen molar-refractivity contribution in [2.45, 2.75) is 38.8 Å². The zero-order chi connectivity index (χ0) is 14.5. The predicted octanol–water partition coefficient (Wildman–Crippen LogP) is 1.45. The van der Waals surface area contributed by atoms with Gasteiger partial charge in [-0.3, -0.25) is 4.79 Å². The average molecular weight is 278 g/mol. The number of aliphatic hydroxyl groups is 1. The zero-order valence-corrected chi connectivity index (χ0v) is 12.0. The Morgan fingerprint density at radius 3 is 3.00 bits per heavy atom. The highest BCUT2D eigenvalue weighted by Gasteiger charge is 2.28. The highest BCUT2D eigenvalue weighted by molar-refractivity contribution is 5.96. The van der Waals surface area contributed by atoms with Gasteiger partial charge in [-0.05, 0) is 37.5 Å². The van der Waals surface area contributed by atoms with E-state index >= 15 is 0 Å². The number of rotatable bonds is 5. The van der Waals surface area contributed by atoms with Crippen molar-refractivity contribution in [1.82, 2.24) is 5.32 Å². The zero-order valence-electron chi connectivity index (χ0n) is 12.0. The number of carbonyl (C=O) groups is 1. The van der Waals surface area contributed by atoms with Gasteiger partial charge in [0.2, 0.25) is 5.91 Å². The molecule has 5 nitrogen and oxygen atoms in total. The highest BCUT2D eigenvalue weighted by Crippen LogP contribution is 2.26. The smallest absolute Gasteiger partial charge is 0.241 e. The summed E-state index contributed by atoms with van der Waals surface area (Å²) in [4.78, 5) is 12.1. The molecule has 0 aliphatic carbocycles. The lowest BCUT2D eigenvalue weighted by Gasteiger charge is -2.15. The van der Waals surface area contributed by atoms with Crippen molar-refractivity contribution < 1.29 is 14.6 Å². The molecule has 1 aliphatic rings. The van der Waals surface area contributed by atoms with Crippen LogP contribution < -0.4 is 15.4 Å². The third-order valence-electron chi connectivity index (χ3n) is 3.28. The topological polar surface area (TPSA) is 70.6 Å². The van der Waals surface area contributed by atoms with Crippen molar-refractivity contribution in [3.8, 4) is 5.75 Å². The average Bonchev–Trinajstić information content (AvgIpc) is 2.85. The van der Waals surface area contributed by atoms with E-state index in [0.717, 1.165) is 12.0 Å². The van der Waals surface area contributed by atoms with Crippen LogP contribution in [0.2, 0.25) is 0 Å². The fourth-order valence-electron chi connectivity index (χ4n) is 2.20. The Morgan fingerprint density at radius 1 is 1.55 bits per heavy atom. The predicted molar refractivity (Wildman–Crippen MR) is 78.0 cm³/mol. The summed E-state index contributed by atoms with van der Waals surface area (Å²) in [6, 6.07) is 5.36. The number of aryl methyl sites for hydroxylation is 1.